The lowest BCUT2D eigenvalue weighted by atomic mass is 9.89. The first-order valence-corrected chi connectivity index (χ1v) is 8.44. The first-order chi connectivity index (χ1) is 11.7. The van der Waals surface area contributed by atoms with Crippen LogP contribution in [-0.2, 0) is 11.2 Å². The molecule has 1 saturated heterocycles. The van der Waals surface area contributed by atoms with Crippen LogP contribution in [0.15, 0.2) is 6.07 Å². The molecule has 2 aliphatic heterocycles. The lowest BCUT2D eigenvalue weighted by molar-refractivity contribution is -0.384. The summed E-state index contributed by atoms with van der Waals surface area (Å²) in [6.45, 7) is 6.33. The monoisotopic (exact) mass is 349 g/mol. The summed E-state index contributed by atoms with van der Waals surface area (Å²) in [7, 11) is 0. The Hall–Kier alpha value is -2.35. The number of nitro benzene ring substituents is 1. The van der Waals surface area contributed by atoms with Gasteiger partial charge in [0.1, 0.15) is 17.0 Å². The maximum atomic E-state index is 11.7. The van der Waals surface area contributed by atoms with E-state index in [9.17, 15) is 20.0 Å². The second-order valence-electron chi connectivity index (χ2n) is 7.15. The second-order valence-corrected chi connectivity index (χ2v) is 7.15. The Morgan fingerprint density at radius 2 is 2.08 bits per heavy atom. The highest BCUT2D eigenvalue weighted by molar-refractivity contribution is 5.98. The molecule has 0 spiro atoms. The molecule has 1 aromatic rings. The molecule has 0 aliphatic carbocycles. The summed E-state index contributed by atoms with van der Waals surface area (Å²) in [5.41, 5.74) is 0.477. The maximum Gasteiger partial charge on any atom is 0.298 e. The molecule has 1 amide bonds. The number of carbonyl (C=O) groups excluding carboxylic acids is 1. The normalized spacial score (nSPS) is 21.4. The quantitative estimate of drug-likeness (QED) is 0.640. The van der Waals surface area contributed by atoms with Crippen molar-refractivity contribution in [1.82, 2.24) is 0 Å². The van der Waals surface area contributed by atoms with Gasteiger partial charge in [-0.1, -0.05) is 0 Å². The number of amides is 1. The minimum atomic E-state index is -0.835. The molecule has 1 atom stereocenters. The number of hydrogen-bond acceptors (Lipinski definition) is 6. The minimum Gasteiger partial charge on any atom is -0.485 e. The van der Waals surface area contributed by atoms with Crippen LogP contribution in [0.5, 0.6) is 5.75 Å². The molecule has 8 nitrogen and oxygen atoms in total. The number of carbonyl (C=O) groups is 1. The Kier molecular flexibility index (Phi) is 4.32. The number of anilines is 2. The van der Waals surface area contributed by atoms with E-state index in [0.717, 1.165) is 25.9 Å². The predicted octanol–water partition coefficient (Wildman–Crippen LogP) is 2.23. The summed E-state index contributed by atoms with van der Waals surface area (Å²) in [6.07, 6.45) is 1.53. The Bertz CT molecular complexity index is 725. The molecule has 1 fully saturated rings. The fraction of sp³-hybridized carbons (Fsp3) is 0.588. The third-order valence-corrected chi connectivity index (χ3v) is 4.84. The van der Waals surface area contributed by atoms with Crippen molar-refractivity contribution < 1.29 is 19.6 Å². The zero-order valence-corrected chi connectivity index (χ0v) is 14.7. The van der Waals surface area contributed by atoms with Crippen molar-refractivity contribution in [3.63, 3.8) is 0 Å². The number of nitro groups is 1. The largest absolute Gasteiger partial charge is 0.485 e. The van der Waals surface area contributed by atoms with Crippen molar-refractivity contribution in [1.29, 1.82) is 0 Å². The molecule has 25 heavy (non-hydrogen) atoms. The Labute approximate surface area is 145 Å². The highest BCUT2D eigenvalue weighted by Gasteiger charge is 2.40. The highest BCUT2D eigenvalue weighted by atomic mass is 16.6. The lowest BCUT2D eigenvalue weighted by Gasteiger charge is -2.39. The van der Waals surface area contributed by atoms with E-state index in [1.165, 1.54) is 13.0 Å². The summed E-state index contributed by atoms with van der Waals surface area (Å²) < 4.78 is 5.89. The molecule has 2 heterocycles. The van der Waals surface area contributed by atoms with E-state index in [1.807, 2.05) is 4.90 Å². The lowest BCUT2D eigenvalue weighted by Crippen LogP contribution is -2.46. The van der Waals surface area contributed by atoms with Gasteiger partial charge >= 0.3 is 0 Å². The van der Waals surface area contributed by atoms with E-state index in [0.29, 0.717) is 23.4 Å². The minimum absolute atomic E-state index is 0.189. The predicted molar refractivity (Wildman–Crippen MR) is 93.3 cm³/mol. The number of hydrogen-bond donors (Lipinski definition) is 2. The number of fused-ring (bicyclic) bond motifs is 1. The van der Waals surface area contributed by atoms with Gasteiger partial charge in [0.25, 0.3) is 5.69 Å². The molecule has 0 saturated carbocycles. The number of nitrogens with zero attached hydrogens (tertiary/aromatic N) is 2. The molecule has 2 aliphatic rings. The third-order valence-electron chi connectivity index (χ3n) is 4.84. The standard InChI is InChI=1S/C17H23N3O5/c1-10(21)18-15-12(20(23)24)9-13-11(8-14(22)17(2,3)25-13)16(15)19-6-4-5-7-19/h9,14,22H,4-8H2,1-3H3,(H,18,21)/t14-/m0/s1. The van der Waals surface area contributed by atoms with Crippen molar-refractivity contribution in [3.05, 3.63) is 21.7 Å². The topological polar surface area (TPSA) is 105 Å². The van der Waals surface area contributed by atoms with E-state index < -0.39 is 16.6 Å². The van der Waals surface area contributed by atoms with Crippen molar-refractivity contribution in [2.75, 3.05) is 23.3 Å². The van der Waals surface area contributed by atoms with Gasteiger partial charge in [-0.3, -0.25) is 14.9 Å². The molecular formula is C17H23N3O5. The molecule has 2 N–H and O–H groups in total. The van der Waals surface area contributed by atoms with Crippen LogP contribution in [0.4, 0.5) is 17.1 Å². The number of aliphatic hydroxyl groups excluding tert-OH is 1. The summed E-state index contributed by atoms with van der Waals surface area (Å²) >= 11 is 0. The summed E-state index contributed by atoms with van der Waals surface area (Å²) in [4.78, 5) is 24.8. The van der Waals surface area contributed by atoms with E-state index in [4.69, 9.17) is 4.74 Å². The van der Waals surface area contributed by atoms with Crippen LogP contribution in [0.3, 0.4) is 0 Å². The van der Waals surface area contributed by atoms with Gasteiger partial charge in [-0.15, -0.1) is 0 Å². The zero-order valence-electron chi connectivity index (χ0n) is 14.7. The number of benzene rings is 1. The fourth-order valence-corrected chi connectivity index (χ4v) is 3.48. The molecule has 0 bridgehead atoms. The Morgan fingerprint density at radius 1 is 1.44 bits per heavy atom. The highest BCUT2D eigenvalue weighted by Crippen LogP contribution is 2.48. The van der Waals surface area contributed by atoms with Gasteiger partial charge < -0.3 is 20.1 Å². The van der Waals surface area contributed by atoms with Crippen LogP contribution < -0.4 is 15.0 Å². The Morgan fingerprint density at radius 3 is 2.64 bits per heavy atom. The van der Waals surface area contributed by atoms with Crippen molar-refractivity contribution in [2.45, 2.75) is 51.7 Å². The van der Waals surface area contributed by atoms with Crippen molar-refractivity contribution >= 4 is 23.0 Å². The number of nitrogens with one attached hydrogen (secondary N) is 1. The zero-order chi connectivity index (χ0) is 18.4. The number of rotatable bonds is 3. The number of aliphatic hydroxyl groups is 1. The number of ether oxygens (including phenoxy) is 1. The van der Waals surface area contributed by atoms with E-state index in [1.54, 1.807) is 13.8 Å². The molecular weight excluding hydrogens is 326 g/mol. The maximum absolute atomic E-state index is 11.7. The van der Waals surface area contributed by atoms with Crippen LogP contribution in [0, 0.1) is 10.1 Å². The Balaban J connectivity index is 2.25. The first kappa shape index (κ1) is 17.5. The molecule has 1 aromatic carbocycles. The molecule has 8 heteroatoms. The van der Waals surface area contributed by atoms with Gasteiger partial charge in [-0.25, -0.2) is 0 Å². The van der Waals surface area contributed by atoms with Crippen molar-refractivity contribution in [2.24, 2.45) is 0 Å². The fourth-order valence-electron chi connectivity index (χ4n) is 3.48. The average Bonchev–Trinajstić information content (AvgIpc) is 3.01. The SMILES string of the molecule is CC(=O)Nc1c([N+](=O)[O-])cc2c(c1N1CCCC1)C[C@H](O)C(C)(C)O2. The first-order valence-electron chi connectivity index (χ1n) is 8.44. The molecule has 0 unspecified atom stereocenters. The smallest absolute Gasteiger partial charge is 0.298 e. The third kappa shape index (κ3) is 3.13. The van der Waals surface area contributed by atoms with Crippen LogP contribution in [0.1, 0.15) is 39.2 Å². The van der Waals surface area contributed by atoms with Gasteiger partial charge in [-0.2, -0.15) is 0 Å². The van der Waals surface area contributed by atoms with E-state index in [-0.39, 0.29) is 17.3 Å². The molecule has 0 aromatic heterocycles. The second kappa shape index (κ2) is 6.18. The van der Waals surface area contributed by atoms with Crippen molar-refractivity contribution in [3.8, 4) is 5.75 Å². The van der Waals surface area contributed by atoms with Gasteiger partial charge in [0.2, 0.25) is 5.91 Å². The van der Waals surface area contributed by atoms with E-state index >= 15 is 0 Å². The van der Waals surface area contributed by atoms with Gasteiger partial charge in [0.15, 0.2) is 0 Å². The van der Waals surface area contributed by atoms with Crippen LogP contribution >= 0.6 is 0 Å². The van der Waals surface area contributed by atoms with Crippen LogP contribution in [0.2, 0.25) is 0 Å². The van der Waals surface area contributed by atoms with Crippen LogP contribution in [0.25, 0.3) is 0 Å². The summed E-state index contributed by atoms with van der Waals surface area (Å²) in [5, 5.41) is 24.7. The van der Waals surface area contributed by atoms with Gasteiger partial charge in [0, 0.05) is 32.0 Å². The molecule has 0 radical (unpaired) electrons. The average molecular weight is 349 g/mol. The van der Waals surface area contributed by atoms with Gasteiger partial charge in [-0.05, 0) is 26.7 Å². The van der Waals surface area contributed by atoms with E-state index in [2.05, 4.69) is 5.32 Å². The summed E-state index contributed by atoms with van der Waals surface area (Å²) in [5.74, 6) is 0.0269. The molecule has 3 rings (SSSR count). The van der Waals surface area contributed by atoms with Crippen LogP contribution in [-0.4, -0.2) is 40.7 Å². The molecule has 136 valence electrons. The summed E-state index contributed by atoms with van der Waals surface area (Å²) in [6, 6.07) is 1.35. The van der Waals surface area contributed by atoms with Gasteiger partial charge in [0.05, 0.1) is 22.8 Å².